The number of aryl methyl sites for hydroxylation is 3. The van der Waals surface area contributed by atoms with Crippen molar-refractivity contribution in [2.75, 3.05) is 4.72 Å². The maximum absolute atomic E-state index is 12.6. The van der Waals surface area contributed by atoms with Gasteiger partial charge in [-0.25, -0.2) is 8.42 Å². The van der Waals surface area contributed by atoms with Crippen molar-refractivity contribution >= 4 is 27.3 Å². The van der Waals surface area contributed by atoms with Crippen LogP contribution in [0.1, 0.15) is 49.3 Å². The molecule has 0 atom stereocenters. The first kappa shape index (κ1) is 19.8. The predicted octanol–water partition coefficient (Wildman–Crippen LogP) is 5.88. The van der Waals surface area contributed by atoms with Crippen LogP contribution in [0.4, 0.5) is 5.69 Å². The van der Waals surface area contributed by atoms with Crippen LogP contribution < -0.4 is 4.72 Å². The summed E-state index contributed by atoms with van der Waals surface area (Å²) in [6, 6.07) is 10.8. The van der Waals surface area contributed by atoms with Crippen molar-refractivity contribution in [1.29, 1.82) is 0 Å². The van der Waals surface area contributed by atoms with Crippen LogP contribution in [-0.4, -0.2) is 8.42 Å². The fraction of sp³-hybridized carbons (Fsp3) is 0.400. The number of halogens is 1. The van der Waals surface area contributed by atoms with Crippen LogP contribution in [0.3, 0.4) is 0 Å². The summed E-state index contributed by atoms with van der Waals surface area (Å²) >= 11 is 6.21. The third-order valence-electron chi connectivity index (χ3n) is 4.22. The Morgan fingerprint density at radius 3 is 2.28 bits per heavy atom. The smallest absolute Gasteiger partial charge is 0.261 e. The van der Waals surface area contributed by atoms with Crippen LogP contribution in [0.5, 0.6) is 0 Å². The molecule has 0 heterocycles. The van der Waals surface area contributed by atoms with Crippen LogP contribution >= 0.6 is 11.6 Å². The first-order chi connectivity index (χ1) is 11.8. The quantitative estimate of drug-likeness (QED) is 0.582. The van der Waals surface area contributed by atoms with E-state index in [4.69, 9.17) is 11.6 Å². The standard InChI is InChI=1S/C20H26ClNO2S/c1-4-5-6-7-8-17-9-11-18(12-10-17)25(23,24)22-20-16(3)13-15(2)14-19(20)21/h9-14,22H,4-8H2,1-3H3. The minimum atomic E-state index is -3.65. The summed E-state index contributed by atoms with van der Waals surface area (Å²) in [5, 5.41) is 0.411. The Morgan fingerprint density at radius 1 is 1.00 bits per heavy atom. The van der Waals surface area contributed by atoms with Crippen molar-refractivity contribution in [3.05, 3.63) is 58.1 Å². The number of rotatable bonds is 8. The van der Waals surface area contributed by atoms with E-state index < -0.39 is 10.0 Å². The second-order valence-electron chi connectivity index (χ2n) is 6.50. The van der Waals surface area contributed by atoms with Crippen molar-refractivity contribution in [2.24, 2.45) is 0 Å². The van der Waals surface area contributed by atoms with Gasteiger partial charge in [0.05, 0.1) is 15.6 Å². The van der Waals surface area contributed by atoms with E-state index >= 15 is 0 Å². The maximum atomic E-state index is 12.6. The average Bonchev–Trinajstić information content (AvgIpc) is 2.55. The van der Waals surface area contributed by atoms with Gasteiger partial charge in [0.15, 0.2) is 0 Å². The fourth-order valence-electron chi connectivity index (χ4n) is 2.83. The highest BCUT2D eigenvalue weighted by Gasteiger charge is 2.17. The van der Waals surface area contributed by atoms with Crippen LogP contribution in [-0.2, 0) is 16.4 Å². The van der Waals surface area contributed by atoms with Gasteiger partial charge in [-0.05, 0) is 61.6 Å². The molecule has 25 heavy (non-hydrogen) atoms. The summed E-state index contributed by atoms with van der Waals surface area (Å²) in [5.41, 5.74) is 3.41. The summed E-state index contributed by atoms with van der Waals surface area (Å²) in [6.07, 6.45) is 5.78. The summed E-state index contributed by atoms with van der Waals surface area (Å²) in [7, 11) is -3.65. The molecule has 0 aliphatic carbocycles. The van der Waals surface area contributed by atoms with Gasteiger partial charge in [0, 0.05) is 0 Å². The fourth-order valence-corrected chi connectivity index (χ4v) is 4.41. The van der Waals surface area contributed by atoms with Gasteiger partial charge in [0.2, 0.25) is 0 Å². The van der Waals surface area contributed by atoms with E-state index in [0.29, 0.717) is 10.7 Å². The van der Waals surface area contributed by atoms with E-state index in [9.17, 15) is 8.42 Å². The van der Waals surface area contributed by atoms with Gasteiger partial charge in [0.25, 0.3) is 10.0 Å². The Balaban J connectivity index is 2.12. The number of hydrogen-bond donors (Lipinski definition) is 1. The van der Waals surface area contributed by atoms with E-state index in [-0.39, 0.29) is 4.90 Å². The van der Waals surface area contributed by atoms with Gasteiger partial charge in [0.1, 0.15) is 0 Å². The third-order valence-corrected chi connectivity index (χ3v) is 5.88. The highest BCUT2D eigenvalue weighted by molar-refractivity contribution is 7.92. The predicted molar refractivity (Wildman–Crippen MR) is 106 cm³/mol. The third kappa shape index (κ3) is 5.48. The Kier molecular flexibility index (Phi) is 6.91. The molecule has 0 fully saturated rings. The average molecular weight is 380 g/mol. The molecule has 5 heteroatoms. The summed E-state index contributed by atoms with van der Waals surface area (Å²) in [4.78, 5) is 0.251. The molecule has 0 radical (unpaired) electrons. The number of unbranched alkanes of at least 4 members (excludes halogenated alkanes) is 3. The molecule has 3 nitrogen and oxygen atoms in total. The van der Waals surface area contributed by atoms with Crippen LogP contribution in [0.2, 0.25) is 5.02 Å². The Hall–Kier alpha value is -1.52. The zero-order valence-electron chi connectivity index (χ0n) is 15.1. The van der Waals surface area contributed by atoms with E-state index in [2.05, 4.69) is 11.6 Å². The van der Waals surface area contributed by atoms with Crippen molar-refractivity contribution in [1.82, 2.24) is 0 Å². The van der Waals surface area contributed by atoms with E-state index in [1.54, 1.807) is 18.2 Å². The van der Waals surface area contributed by atoms with Crippen molar-refractivity contribution in [2.45, 2.75) is 57.8 Å². The molecule has 0 amide bonds. The van der Waals surface area contributed by atoms with Crippen molar-refractivity contribution in [3.63, 3.8) is 0 Å². The molecule has 0 aromatic heterocycles. The molecule has 2 aromatic rings. The molecule has 0 aliphatic rings. The molecule has 0 unspecified atom stereocenters. The zero-order chi connectivity index (χ0) is 18.4. The molecule has 1 N–H and O–H groups in total. The minimum Gasteiger partial charge on any atom is -0.278 e. The van der Waals surface area contributed by atoms with Gasteiger partial charge < -0.3 is 0 Å². The molecule has 0 spiro atoms. The Labute approximate surface area is 156 Å². The van der Waals surface area contributed by atoms with E-state index in [0.717, 1.165) is 24.0 Å². The number of nitrogens with one attached hydrogen (secondary N) is 1. The zero-order valence-corrected chi connectivity index (χ0v) is 16.7. The molecular weight excluding hydrogens is 354 g/mol. The molecule has 0 saturated carbocycles. The molecule has 136 valence electrons. The van der Waals surface area contributed by atoms with Crippen molar-refractivity contribution < 1.29 is 8.42 Å². The number of anilines is 1. The van der Waals surface area contributed by atoms with Gasteiger partial charge in [-0.2, -0.15) is 0 Å². The second-order valence-corrected chi connectivity index (χ2v) is 8.59. The summed E-state index contributed by atoms with van der Waals surface area (Å²) in [5.74, 6) is 0. The minimum absolute atomic E-state index is 0.251. The Bertz CT molecular complexity index is 791. The molecule has 0 bridgehead atoms. The first-order valence-corrected chi connectivity index (χ1v) is 10.6. The molecular formula is C20H26ClNO2S. The highest BCUT2D eigenvalue weighted by Crippen LogP contribution is 2.29. The first-order valence-electron chi connectivity index (χ1n) is 8.72. The lowest BCUT2D eigenvalue weighted by Crippen LogP contribution is -2.14. The second kappa shape index (κ2) is 8.72. The van der Waals surface area contributed by atoms with Crippen LogP contribution in [0.15, 0.2) is 41.3 Å². The topological polar surface area (TPSA) is 46.2 Å². The van der Waals surface area contributed by atoms with Gasteiger partial charge in [-0.3, -0.25) is 4.72 Å². The lowest BCUT2D eigenvalue weighted by Gasteiger charge is -2.13. The van der Waals surface area contributed by atoms with Crippen molar-refractivity contribution in [3.8, 4) is 0 Å². The van der Waals surface area contributed by atoms with Gasteiger partial charge in [-0.15, -0.1) is 0 Å². The molecule has 2 rings (SSSR count). The lowest BCUT2D eigenvalue weighted by molar-refractivity contribution is 0.601. The lowest BCUT2D eigenvalue weighted by atomic mass is 10.1. The van der Waals surface area contributed by atoms with Gasteiger partial charge >= 0.3 is 0 Å². The maximum Gasteiger partial charge on any atom is 0.261 e. The van der Waals surface area contributed by atoms with E-state index in [1.807, 2.05) is 32.0 Å². The largest absolute Gasteiger partial charge is 0.278 e. The number of hydrogen-bond acceptors (Lipinski definition) is 2. The molecule has 0 saturated heterocycles. The number of sulfonamides is 1. The monoisotopic (exact) mass is 379 g/mol. The van der Waals surface area contributed by atoms with Crippen LogP contribution in [0.25, 0.3) is 0 Å². The summed E-state index contributed by atoms with van der Waals surface area (Å²) < 4.78 is 27.9. The summed E-state index contributed by atoms with van der Waals surface area (Å²) in [6.45, 7) is 5.96. The molecule has 2 aromatic carbocycles. The van der Waals surface area contributed by atoms with E-state index in [1.165, 1.54) is 24.8 Å². The van der Waals surface area contributed by atoms with Crippen LogP contribution in [0, 0.1) is 13.8 Å². The SMILES string of the molecule is CCCCCCc1ccc(S(=O)(=O)Nc2c(C)cc(C)cc2Cl)cc1. The highest BCUT2D eigenvalue weighted by atomic mass is 35.5. The Morgan fingerprint density at radius 2 is 1.68 bits per heavy atom. The number of benzene rings is 2. The molecule has 0 aliphatic heterocycles. The normalized spacial score (nSPS) is 11.5. The van der Waals surface area contributed by atoms with Gasteiger partial charge in [-0.1, -0.05) is 56.0 Å².